The van der Waals surface area contributed by atoms with Gasteiger partial charge in [0.05, 0.1) is 6.10 Å². The highest BCUT2D eigenvalue weighted by Crippen LogP contribution is 2.12. The van der Waals surface area contributed by atoms with Gasteiger partial charge in [-0.15, -0.1) is 0 Å². The second-order valence-electron chi connectivity index (χ2n) is 4.45. The molecule has 0 fully saturated rings. The molecule has 18 heavy (non-hydrogen) atoms. The molecule has 1 atom stereocenters. The van der Waals surface area contributed by atoms with E-state index < -0.39 is 0 Å². The summed E-state index contributed by atoms with van der Waals surface area (Å²) in [7, 11) is 0. The van der Waals surface area contributed by atoms with Crippen molar-refractivity contribution in [3.8, 4) is 0 Å². The minimum Gasteiger partial charge on any atom is -0.393 e. The highest BCUT2D eigenvalue weighted by molar-refractivity contribution is 6.08. The Morgan fingerprint density at radius 2 is 1.56 bits per heavy atom. The average Bonchev–Trinajstić information content (AvgIpc) is 2.39. The molecule has 0 heterocycles. The zero-order chi connectivity index (χ0) is 13.0. The van der Waals surface area contributed by atoms with E-state index in [-0.39, 0.29) is 11.9 Å². The van der Waals surface area contributed by atoms with Crippen molar-refractivity contribution in [2.24, 2.45) is 0 Å². The highest BCUT2D eigenvalue weighted by Gasteiger charge is 2.08. The van der Waals surface area contributed by atoms with Crippen LogP contribution in [-0.4, -0.2) is 17.0 Å². The van der Waals surface area contributed by atoms with Gasteiger partial charge in [0.25, 0.3) is 0 Å². The smallest absolute Gasteiger partial charge is 0.193 e. The molecule has 0 aliphatic heterocycles. The quantitative estimate of drug-likeness (QED) is 0.834. The SMILES string of the molecule is CC(O)Cc1ccc(C(=O)c2ccccc2)cc1. The second kappa shape index (κ2) is 5.61. The highest BCUT2D eigenvalue weighted by atomic mass is 16.3. The Hall–Kier alpha value is -1.93. The number of rotatable bonds is 4. The first-order valence-electron chi connectivity index (χ1n) is 6.03. The number of hydrogen-bond donors (Lipinski definition) is 1. The molecule has 92 valence electrons. The molecule has 0 amide bonds. The molecule has 0 saturated carbocycles. The van der Waals surface area contributed by atoms with Crippen LogP contribution < -0.4 is 0 Å². The standard InChI is InChI=1S/C16H16O2/c1-12(17)11-13-7-9-15(10-8-13)16(18)14-5-3-2-4-6-14/h2-10,12,17H,11H2,1H3. The van der Waals surface area contributed by atoms with Crippen LogP contribution in [0.2, 0.25) is 0 Å². The molecule has 0 aliphatic rings. The molecule has 0 aliphatic carbocycles. The Morgan fingerprint density at radius 1 is 1.00 bits per heavy atom. The molecule has 2 nitrogen and oxygen atoms in total. The first-order valence-corrected chi connectivity index (χ1v) is 6.03. The van der Waals surface area contributed by atoms with E-state index in [4.69, 9.17) is 0 Å². The van der Waals surface area contributed by atoms with E-state index in [2.05, 4.69) is 0 Å². The molecule has 1 unspecified atom stereocenters. The summed E-state index contributed by atoms with van der Waals surface area (Å²) in [6, 6.07) is 16.6. The van der Waals surface area contributed by atoms with Crippen LogP contribution >= 0.6 is 0 Å². The maximum Gasteiger partial charge on any atom is 0.193 e. The fourth-order valence-corrected chi connectivity index (χ4v) is 1.89. The number of hydrogen-bond acceptors (Lipinski definition) is 2. The van der Waals surface area contributed by atoms with E-state index in [1.54, 1.807) is 6.92 Å². The van der Waals surface area contributed by atoms with Crippen LogP contribution in [0.4, 0.5) is 0 Å². The minimum absolute atomic E-state index is 0.0270. The van der Waals surface area contributed by atoms with E-state index in [9.17, 15) is 9.90 Å². The predicted octanol–water partition coefficient (Wildman–Crippen LogP) is 2.84. The van der Waals surface area contributed by atoms with Gasteiger partial charge >= 0.3 is 0 Å². The lowest BCUT2D eigenvalue weighted by atomic mass is 10.0. The lowest BCUT2D eigenvalue weighted by Gasteiger charge is -2.05. The van der Waals surface area contributed by atoms with E-state index in [0.717, 1.165) is 5.56 Å². The third kappa shape index (κ3) is 3.05. The summed E-state index contributed by atoms with van der Waals surface area (Å²) < 4.78 is 0. The van der Waals surface area contributed by atoms with E-state index in [0.29, 0.717) is 17.5 Å². The molecule has 0 saturated heterocycles. The zero-order valence-electron chi connectivity index (χ0n) is 10.3. The summed E-state index contributed by atoms with van der Waals surface area (Å²) in [4.78, 5) is 12.1. The van der Waals surface area contributed by atoms with Crippen LogP contribution in [0, 0.1) is 0 Å². The normalized spacial score (nSPS) is 12.1. The van der Waals surface area contributed by atoms with Crippen LogP contribution in [0.5, 0.6) is 0 Å². The Bertz CT molecular complexity index is 513. The summed E-state index contributed by atoms with van der Waals surface area (Å²) in [5, 5.41) is 9.30. The van der Waals surface area contributed by atoms with Gasteiger partial charge < -0.3 is 5.11 Å². The summed E-state index contributed by atoms with van der Waals surface area (Å²) >= 11 is 0. The largest absolute Gasteiger partial charge is 0.393 e. The Labute approximate surface area is 107 Å². The number of carbonyl (C=O) groups is 1. The van der Waals surface area contributed by atoms with Gasteiger partial charge in [-0.3, -0.25) is 4.79 Å². The van der Waals surface area contributed by atoms with Crippen LogP contribution in [-0.2, 0) is 6.42 Å². The summed E-state index contributed by atoms with van der Waals surface area (Å²) in [6.07, 6.45) is 0.250. The van der Waals surface area contributed by atoms with Crippen LogP contribution in [0.3, 0.4) is 0 Å². The van der Waals surface area contributed by atoms with Crippen molar-refractivity contribution in [3.63, 3.8) is 0 Å². The Morgan fingerprint density at radius 3 is 2.11 bits per heavy atom. The maximum atomic E-state index is 12.1. The lowest BCUT2D eigenvalue weighted by Crippen LogP contribution is -2.05. The van der Waals surface area contributed by atoms with Crippen LogP contribution in [0.1, 0.15) is 28.4 Å². The third-order valence-electron chi connectivity index (χ3n) is 2.78. The van der Waals surface area contributed by atoms with Crippen LogP contribution in [0.25, 0.3) is 0 Å². The number of aliphatic hydroxyl groups is 1. The maximum absolute atomic E-state index is 12.1. The number of aliphatic hydroxyl groups excluding tert-OH is 1. The van der Waals surface area contributed by atoms with E-state index in [1.165, 1.54) is 0 Å². The fourth-order valence-electron chi connectivity index (χ4n) is 1.89. The van der Waals surface area contributed by atoms with Crippen molar-refractivity contribution >= 4 is 5.78 Å². The molecule has 0 radical (unpaired) electrons. The molecule has 0 aromatic heterocycles. The molecule has 2 aromatic carbocycles. The van der Waals surface area contributed by atoms with Gasteiger partial charge in [-0.2, -0.15) is 0 Å². The summed E-state index contributed by atoms with van der Waals surface area (Å²) in [5.41, 5.74) is 2.41. The molecular formula is C16H16O2. The van der Waals surface area contributed by atoms with E-state index in [1.807, 2.05) is 54.6 Å². The van der Waals surface area contributed by atoms with Crippen molar-refractivity contribution in [2.45, 2.75) is 19.4 Å². The Kier molecular flexibility index (Phi) is 3.90. The summed E-state index contributed by atoms with van der Waals surface area (Å²) in [5.74, 6) is 0.0270. The number of carbonyl (C=O) groups excluding carboxylic acids is 1. The molecular weight excluding hydrogens is 224 g/mol. The van der Waals surface area contributed by atoms with Crippen molar-refractivity contribution < 1.29 is 9.90 Å². The second-order valence-corrected chi connectivity index (χ2v) is 4.45. The average molecular weight is 240 g/mol. The van der Waals surface area contributed by atoms with Gasteiger partial charge in [0.2, 0.25) is 0 Å². The van der Waals surface area contributed by atoms with Crippen molar-refractivity contribution in [1.29, 1.82) is 0 Å². The van der Waals surface area contributed by atoms with Crippen LogP contribution in [0.15, 0.2) is 54.6 Å². The van der Waals surface area contributed by atoms with Gasteiger partial charge in [-0.25, -0.2) is 0 Å². The van der Waals surface area contributed by atoms with Crippen molar-refractivity contribution in [2.75, 3.05) is 0 Å². The minimum atomic E-state index is -0.360. The van der Waals surface area contributed by atoms with Gasteiger partial charge in [-0.1, -0.05) is 54.6 Å². The molecule has 2 aromatic rings. The Balaban J connectivity index is 2.17. The topological polar surface area (TPSA) is 37.3 Å². The first-order chi connectivity index (χ1) is 8.66. The zero-order valence-corrected chi connectivity index (χ0v) is 10.3. The molecule has 0 bridgehead atoms. The fraction of sp³-hybridized carbons (Fsp3) is 0.188. The lowest BCUT2D eigenvalue weighted by molar-refractivity contribution is 0.103. The van der Waals surface area contributed by atoms with Crippen molar-refractivity contribution in [1.82, 2.24) is 0 Å². The van der Waals surface area contributed by atoms with Crippen molar-refractivity contribution in [3.05, 3.63) is 71.3 Å². The monoisotopic (exact) mass is 240 g/mol. The molecule has 2 heteroatoms. The molecule has 0 spiro atoms. The van der Waals surface area contributed by atoms with Gasteiger partial charge in [0.15, 0.2) is 5.78 Å². The summed E-state index contributed by atoms with van der Waals surface area (Å²) in [6.45, 7) is 1.75. The van der Waals surface area contributed by atoms with E-state index >= 15 is 0 Å². The number of ketones is 1. The molecule has 1 N–H and O–H groups in total. The first kappa shape index (κ1) is 12.5. The van der Waals surface area contributed by atoms with Gasteiger partial charge in [-0.05, 0) is 18.9 Å². The molecule has 2 rings (SSSR count). The number of benzene rings is 2. The van der Waals surface area contributed by atoms with Gasteiger partial charge in [0, 0.05) is 11.1 Å². The third-order valence-corrected chi connectivity index (χ3v) is 2.78. The predicted molar refractivity (Wildman–Crippen MR) is 71.7 cm³/mol. The van der Waals surface area contributed by atoms with Gasteiger partial charge in [0.1, 0.15) is 0 Å².